The fourth-order valence-electron chi connectivity index (χ4n) is 2.14. The van der Waals surface area contributed by atoms with Crippen LogP contribution in [-0.2, 0) is 14.4 Å². The van der Waals surface area contributed by atoms with Crippen molar-refractivity contribution in [3.05, 3.63) is 30.3 Å². The largest absolute Gasteiger partial charge is 0.273 e. The monoisotopic (exact) mass is 333 g/mol. The number of para-hydroxylation sites is 1. The van der Waals surface area contributed by atoms with E-state index in [1.54, 1.807) is 38.1 Å². The van der Waals surface area contributed by atoms with Gasteiger partial charge in [0.15, 0.2) is 0 Å². The first-order chi connectivity index (χ1) is 11.5. The Bertz CT molecular complexity index is 546. The van der Waals surface area contributed by atoms with Gasteiger partial charge in [0.05, 0.1) is 5.69 Å². The van der Waals surface area contributed by atoms with Crippen molar-refractivity contribution in [1.82, 2.24) is 10.5 Å². The van der Waals surface area contributed by atoms with Crippen LogP contribution in [0.15, 0.2) is 30.3 Å². The van der Waals surface area contributed by atoms with Gasteiger partial charge in [-0.1, -0.05) is 51.8 Å². The van der Waals surface area contributed by atoms with Gasteiger partial charge in [-0.2, -0.15) is 5.01 Å². The van der Waals surface area contributed by atoms with Gasteiger partial charge in [-0.3, -0.25) is 14.4 Å². The molecule has 0 radical (unpaired) electrons. The van der Waals surface area contributed by atoms with Crippen LogP contribution in [0.4, 0.5) is 5.69 Å². The number of carbonyl (C=O) groups is 3. The molecule has 0 fully saturated rings. The molecule has 3 amide bonds. The topological polar surface area (TPSA) is 69.7 Å². The van der Waals surface area contributed by atoms with Crippen LogP contribution in [0, 0.1) is 0 Å². The molecule has 1 aromatic rings. The maximum atomic E-state index is 12.6. The number of benzene rings is 1. The minimum Gasteiger partial charge on any atom is -0.273 e. The van der Waals surface area contributed by atoms with E-state index in [1.807, 2.05) is 6.07 Å². The summed E-state index contributed by atoms with van der Waals surface area (Å²) < 4.78 is 0. The average Bonchev–Trinajstić information content (AvgIpc) is 2.61. The normalized spacial score (nSPS) is 10.1. The van der Waals surface area contributed by atoms with Gasteiger partial charge in [0.2, 0.25) is 11.8 Å². The van der Waals surface area contributed by atoms with Crippen molar-refractivity contribution < 1.29 is 14.4 Å². The van der Waals surface area contributed by atoms with Crippen LogP contribution in [-0.4, -0.2) is 22.8 Å². The van der Waals surface area contributed by atoms with E-state index in [4.69, 9.17) is 0 Å². The van der Waals surface area contributed by atoms with Gasteiger partial charge in [0.25, 0.3) is 5.91 Å². The molecule has 0 aromatic heterocycles. The quantitative estimate of drug-likeness (QED) is 0.615. The number of hydrogen-bond acceptors (Lipinski definition) is 3. The predicted molar refractivity (Wildman–Crippen MR) is 93.6 cm³/mol. The molecule has 0 saturated heterocycles. The fraction of sp³-hybridized carbons (Fsp3) is 0.500. The van der Waals surface area contributed by atoms with Crippen molar-refractivity contribution in [2.24, 2.45) is 0 Å². The van der Waals surface area contributed by atoms with E-state index in [9.17, 15) is 14.4 Å². The highest BCUT2D eigenvalue weighted by Gasteiger charge is 2.27. The lowest BCUT2D eigenvalue weighted by molar-refractivity contribution is -0.145. The first kappa shape index (κ1) is 19.7. The van der Waals surface area contributed by atoms with E-state index < -0.39 is 0 Å². The van der Waals surface area contributed by atoms with Gasteiger partial charge in [-0.15, -0.1) is 5.12 Å². The second kappa shape index (κ2) is 10.4. The molecule has 0 aliphatic heterocycles. The van der Waals surface area contributed by atoms with Crippen LogP contribution < -0.4 is 10.4 Å². The Morgan fingerprint density at radius 3 is 2.12 bits per heavy atom. The molecule has 1 aromatic carbocycles. The van der Waals surface area contributed by atoms with Gasteiger partial charge in [0.1, 0.15) is 0 Å². The lowest BCUT2D eigenvalue weighted by Crippen LogP contribution is -2.58. The molecule has 6 nitrogen and oxygen atoms in total. The van der Waals surface area contributed by atoms with Crippen molar-refractivity contribution in [3.63, 3.8) is 0 Å². The molecule has 1 rings (SSSR count). The minimum atomic E-state index is -0.316. The van der Waals surface area contributed by atoms with Crippen LogP contribution in [0.5, 0.6) is 0 Å². The molecule has 0 aliphatic carbocycles. The van der Waals surface area contributed by atoms with E-state index in [0.29, 0.717) is 5.69 Å². The maximum Gasteiger partial charge on any atom is 0.261 e. The number of carbonyl (C=O) groups excluding carboxylic acids is 3. The van der Waals surface area contributed by atoms with Crippen LogP contribution in [0.1, 0.15) is 59.3 Å². The van der Waals surface area contributed by atoms with E-state index in [1.165, 1.54) is 5.01 Å². The molecule has 6 heteroatoms. The van der Waals surface area contributed by atoms with Gasteiger partial charge in [-0.05, 0) is 18.6 Å². The molecule has 0 bridgehead atoms. The van der Waals surface area contributed by atoms with Crippen LogP contribution in [0.25, 0.3) is 0 Å². The summed E-state index contributed by atoms with van der Waals surface area (Å²) in [6.07, 6.45) is 3.35. The third-order valence-electron chi connectivity index (χ3n) is 3.52. The number of anilines is 1. The molecule has 0 saturated carbocycles. The standard InChI is InChI=1S/C18H27N3O3/c1-4-7-9-14-18(24)21(19-16(22)5-2)20(17(23)6-3)15-12-10-8-11-13-15/h8,10-13H,4-7,9,14H2,1-3H3,(H,19,22). The molecule has 1 N–H and O–H groups in total. The highest BCUT2D eigenvalue weighted by Crippen LogP contribution is 2.18. The second-order valence-electron chi connectivity index (χ2n) is 5.45. The van der Waals surface area contributed by atoms with Gasteiger partial charge >= 0.3 is 0 Å². The SMILES string of the molecule is CCCCCC(=O)N(NC(=O)CC)N(C(=O)CC)c1ccccc1. The first-order valence-corrected chi connectivity index (χ1v) is 8.55. The average molecular weight is 333 g/mol. The summed E-state index contributed by atoms with van der Waals surface area (Å²) in [6.45, 7) is 5.47. The van der Waals surface area contributed by atoms with Crippen LogP contribution >= 0.6 is 0 Å². The summed E-state index contributed by atoms with van der Waals surface area (Å²) in [5.41, 5.74) is 3.10. The smallest absolute Gasteiger partial charge is 0.261 e. The van der Waals surface area contributed by atoms with Crippen molar-refractivity contribution >= 4 is 23.4 Å². The number of unbranched alkanes of at least 4 members (excludes halogenated alkanes) is 2. The lowest BCUT2D eigenvalue weighted by Gasteiger charge is -2.34. The van der Waals surface area contributed by atoms with Gasteiger partial charge in [0, 0.05) is 19.3 Å². The number of nitrogens with zero attached hydrogens (tertiary/aromatic N) is 2. The zero-order valence-electron chi connectivity index (χ0n) is 14.7. The Morgan fingerprint density at radius 1 is 0.917 bits per heavy atom. The summed E-state index contributed by atoms with van der Waals surface area (Å²) in [6, 6.07) is 8.87. The lowest BCUT2D eigenvalue weighted by atomic mass is 10.2. The molecule has 132 valence electrons. The number of hydrazine groups is 2. The Kier molecular flexibility index (Phi) is 8.54. The Morgan fingerprint density at radius 2 is 1.58 bits per heavy atom. The van der Waals surface area contributed by atoms with E-state index in [0.717, 1.165) is 24.4 Å². The zero-order valence-corrected chi connectivity index (χ0v) is 14.7. The molecular weight excluding hydrogens is 306 g/mol. The van der Waals surface area contributed by atoms with Gasteiger partial charge < -0.3 is 0 Å². The third kappa shape index (κ3) is 5.68. The molecule has 0 unspecified atom stereocenters. The zero-order chi connectivity index (χ0) is 17.9. The third-order valence-corrected chi connectivity index (χ3v) is 3.52. The highest BCUT2D eigenvalue weighted by molar-refractivity contribution is 5.97. The van der Waals surface area contributed by atoms with Crippen molar-refractivity contribution in [2.75, 3.05) is 5.01 Å². The Hall–Kier alpha value is -2.37. The fourth-order valence-corrected chi connectivity index (χ4v) is 2.14. The number of rotatable bonds is 7. The Balaban J connectivity index is 3.12. The summed E-state index contributed by atoms with van der Waals surface area (Å²) in [5.74, 6) is -0.874. The maximum absolute atomic E-state index is 12.6. The summed E-state index contributed by atoms with van der Waals surface area (Å²) >= 11 is 0. The molecular formula is C18H27N3O3. The van der Waals surface area contributed by atoms with Crippen molar-refractivity contribution in [3.8, 4) is 0 Å². The van der Waals surface area contributed by atoms with Crippen molar-refractivity contribution in [2.45, 2.75) is 59.3 Å². The van der Waals surface area contributed by atoms with E-state index in [2.05, 4.69) is 12.3 Å². The molecule has 24 heavy (non-hydrogen) atoms. The summed E-state index contributed by atoms with van der Waals surface area (Å²) in [4.78, 5) is 36.9. The predicted octanol–water partition coefficient (Wildman–Crippen LogP) is 3.19. The number of nitrogens with one attached hydrogen (secondary N) is 1. The summed E-state index contributed by atoms with van der Waals surface area (Å²) in [5, 5.41) is 2.32. The second-order valence-corrected chi connectivity index (χ2v) is 5.45. The summed E-state index contributed by atoms with van der Waals surface area (Å²) in [7, 11) is 0. The first-order valence-electron chi connectivity index (χ1n) is 8.55. The van der Waals surface area contributed by atoms with Gasteiger partial charge in [-0.25, -0.2) is 5.43 Å². The molecule has 0 spiro atoms. The van der Waals surface area contributed by atoms with E-state index >= 15 is 0 Å². The number of hydrogen-bond donors (Lipinski definition) is 1. The molecule has 0 heterocycles. The van der Waals surface area contributed by atoms with Crippen molar-refractivity contribution in [1.29, 1.82) is 0 Å². The Labute approximate surface area is 143 Å². The minimum absolute atomic E-state index is 0.218. The van der Waals surface area contributed by atoms with Crippen LogP contribution in [0.2, 0.25) is 0 Å². The van der Waals surface area contributed by atoms with E-state index in [-0.39, 0.29) is 37.0 Å². The highest BCUT2D eigenvalue weighted by atomic mass is 16.2. The molecule has 0 atom stereocenters. The van der Waals surface area contributed by atoms with Crippen LogP contribution in [0.3, 0.4) is 0 Å². The number of amides is 3. The molecule has 0 aliphatic rings.